The van der Waals surface area contributed by atoms with Gasteiger partial charge in [-0.25, -0.2) is 14.5 Å². The summed E-state index contributed by atoms with van der Waals surface area (Å²) < 4.78 is 8.39. The summed E-state index contributed by atoms with van der Waals surface area (Å²) in [6.07, 6.45) is 1.30. The highest BCUT2D eigenvalue weighted by atomic mass is 79.9. The molecule has 0 atom stereocenters. The number of rotatable bonds is 4. The van der Waals surface area contributed by atoms with Crippen molar-refractivity contribution in [3.8, 4) is 22.9 Å². The first-order valence-corrected chi connectivity index (χ1v) is 9.64. The molecule has 0 aliphatic heterocycles. The van der Waals surface area contributed by atoms with Crippen LogP contribution in [0.1, 0.15) is 5.56 Å². The van der Waals surface area contributed by atoms with Crippen LogP contribution < -0.4 is 10.3 Å². The number of hydrogen-bond donors (Lipinski definition) is 0. The summed E-state index contributed by atoms with van der Waals surface area (Å²) in [7, 11) is 1.68. The Bertz CT molecular complexity index is 1350. The smallest absolute Gasteiger partial charge is 0.331 e. The fourth-order valence-electron chi connectivity index (χ4n) is 3.00. The number of carbonyl (C=O) groups excluding carboxylic acids is 1. The zero-order chi connectivity index (χ0) is 21.3. The Hall–Kier alpha value is -3.77. The number of carbonyl (C=O) groups is 1. The van der Waals surface area contributed by atoms with Crippen LogP contribution in [0, 0.1) is 11.3 Å². The molecule has 2 aromatic heterocycles. The first-order chi connectivity index (χ1) is 14.5. The van der Waals surface area contributed by atoms with E-state index in [2.05, 4.69) is 32.1 Å². The lowest BCUT2D eigenvalue weighted by atomic mass is 10.0. The van der Waals surface area contributed by atoms with Crippen LogP contribution in [-0.4, -0.2) is 25.3 Å². The summed E-state index contributed by atoms with van der Waals surface area (Å²) >= 11 is 3.24. The molecule has 0 saturated heterocycles. The van der Waals surface area contributed by atoms with Crippen molar-refractivity contribution in [3.05, 3.63) is 75.4 Å². The van der Waals surface area contributed by atoms with E-state index >= 15 is 0 Å². The van der Waals surface area contributed by atoms with Crippen molar-refractivity contribution in [2.45, 2.75) is 6.54 Å². The molecule has 148 valence electrons. The normalized spacial score (nSPS) is 10.7. The Morgan fingerprint density at radius 3 is 2.40 bits per heavy atom. The Labute approximate surface area is 179 Å². The lowest BCUT2D eigenvalue weighted by Crippen LogP contribution is -2.27. The number of fused-ring (bicyclic) bond motifs is 1. The van der Waals surface area contributed by atoms with Crippen LogP contribution in [-0.2, 0) is 18.4 Å². The highest BCUT2D eigenvalue weighted by molar-refractivity contribution is 9.10. The van der Waals surface area contributed by atoms with E-state index in [4.69, 9.17) is 10.00 Å². The molecular weight excluding hydrogens is 450 g/mol. The van der Waals surface area contributed by atoms with Gasteiger partial charge in [-0.3, -0.25) is 9.36 Å². The molecule has 0 N–H and O–H groups in total. The van der Waals surface area contributed by atoms with Crippen molar-refractivity contribution in [3.63, 3.8) is 0 Å². The van der Waals surface area contributed by atoms with Crippen molar-refractivity contribution in [2.24, 2.45) is 7.05 Å². The Kier molecular flexibility index (Phi) is 5.16. The molecule has 0 radical (unpaired) electrons. The number of benzene rings is 2. The Morgan fingerprint density at radius 1 is 1.13 bits per heavy atom. The fraction of sp³-hybridized carbons (Fsp3) is 0.0952. The molecule has 0 bridgehead atoms. The van der Waals surface area contributed by atoms with E-state index in [0.717, 1.165) is 11.1 Å². The Balaban J connectivity index is 1.48. The zero-order valence-corrected chi connectivity index (χ0v) is 17.3. The van der Waals surface area contributed by atoms with Crippen LogP contribution in [0.25, 0.3) is 22.2 Å². The molecule has 4 rings (SSSR count). The molecule has 0 amide bonds. The molecule has 0 aliphatic rings. The summed E-state index contributed by atoms with van der Waals surface area (Å²) in [5, 5.41) is 13.3. The van der Waals surface area contributed by atoms with Gasteiger partial charge in [-0.05, 0) is 51.3 Å². The monoisotopic (exact) mass is 463 g/mol. The molecule has 0 fully saturated rings. The van der Waals surface area contributed by atoms with Gasteiger partial charge in [0.1, 0.15) is 28.6 Å². The van der Waals surface area contributed by atoms with E-state index in [0.29, 0.717) is 26.9 Å². The first kappa shape index (κ1) is 19.5. The van der Waals surface area contributed by atoms with Gasteiger partial charge in [0.05, 0.1) is 11.6 Å². The van der Waals surface area contributed by atoms with Gasteiger partial charge < -0.3 is 4.74 Å². The van der Waals surface area contributed by atoms with E-state index in [1.54, 1.807) is 31.3 Å². The van der Waals surface area contributed by atoms with Crippen molar-refractivity contribution in [2.75, 3.05) is 0 Å². The number of nitriles is 1. The molecule has 0 unspecified atom stereocenters. The minimum atomic E-state index is -0.593. The standard InChI is InChI=1S/C21H14BrN5O3/c1-26-20-18(19(22)25-26)21(29)27(12-24-20)11-17(28)30-16-8-6-15(7-9-16)14-4-2-13(10-23)3-5-14/h2-9,12H,11H2,1H3. The van der Waals surface area contributed by atoms with Crippen molar-refractivity contribution in [1.82, 2.24) is 19.3 Å². The molecule has 2 heterocycles. The van der Waals surface area contributed by atoms with Gasteiger partial charge in [0, 0.05) is 7.05 Å². The highest BCUT2D eigenvalue weighted by Crippen LogP contribution is 2.23. The van der Waals surface area contributed by atoms with Gasteiger partial charge in [0.15, 0.2) is 5.65 Å². The lowest BCUT2D eigenvalue weighted by Gasteiger charge is -2.08. The second-order valence-corrected chi connectivity index (χ2v) is 7.23. The maximum absolute atomic E-state index is 12.6. The molecule has 2 aromatic carbocycles. The minimum absolute atomic E-state index is 0.277. The van der Waals surface area contributed by atoms with E-state index in [1.807, 2.05) is 24.3 Å². The molecule has 0 saturated carbocycles. The number of ether oxygens (including phenoxy) is 1. The molecule has 30 heavy (non-hydrogen) atoms. The number of halogens is 1. The third kappa shape index (κ3) is 3.73. The average molecular weight is 464 g/mol. The van der Waals surface area contributed by atoms with E-state index in [-0.39, 0.29) is 12.1 Å². The van der Waals surface area contributed by atoms with Gasteiger partial charge in [-0.15, -0.1) is 0 Å². The molecule has 0 spiro atoms. The average Bonchev–Trinajstić information content (AvgIpc) is 3.04. The molecular formula is C21H14BrN5O3. The van der Waals surface area contributed by atoms with Crippen LogP contribution >= 0.6 is 15.9 Å². The molecule has 4 aromatic rings. The van der Waals surface area contributed by atoms with Crippen LogP contribution in [0.15, 0.2) is 64.3 Å². The number of nitrogens with zero attached hydrogens (tertiary/aromatic N) is 5. The topological polar surface area (TPSA) is 103 Å². The zero-order valence-electron chi connectivity index (χ0n) is 15.7. The second-order valence-electron chi connectivity index (χ2n) is 6.48. The molecule has 0 aliphatic carbocycles. The number of esters is 1. The third-order valence-electron chi connectivity index (χ3n) is 4.50. The van der Waals surface area contributed by atoms with Crippen LogP contribution in [0.2, 0.25) is 0 Å². The van der Waals surface area contributed by atoms with Crippen molar-refractivity contribution in [1.29, 1.82) is 5.26 Å². The number of aromatic nitrogens is 4. The SMILES string of the molecule is Cn1nc(Br)c2c(=O)n(CC(=O)Oc3ccc(-c4ccc(C#N)cc4)cc3)cnc21. The fourth-order valence-corrected chi connectivity index (χ4v) is 3.59. The minimum Gasteiger partial charge on any atom is -0.425 e. The van der Waals surface area contributed by atoms with Crippen LogP contribution in [0.4, 0.5) is 0 Å². The molecule has 8 nitrogen and oxygen atoms in total. The van der Waals surface area contributed by atoms with Crippen molar-refractivity contribution < 1.29 is 9.53 Å². The van der Waals surface area contributed by atoms with Gasteiger partial charge >= 0.3 is 5.97 Å². The van der Waals surface area contributed by atoms with Crippen molar-refractivity contribution >= 4 is 32.9 Å². The van der Waals surface area contributed by atoms with E-state index in [1.165, 1.54) is 15.6 Å². The largest absolute Gasteiger partial charge is 0.425 e. The first-order valence-electron chi connectivity index (χ1n) is 8.85. The highest BCUT2D eigenvalue weighted by Gasteiger charge is 2.15. The maximum Gasteiger partial charge on any atom is 0.331 e. The van der Waals surface area contributed by atoms with Gasteiger partial charge in [0.25, 0.3) is 5.56 Å². The summed E-state index contributed by atoms with van der Waals surface area (Å²) in [6.45, 7) is -0.277. The van der Waals surface area contributed by atoms with Crippen LogP contribution in [0.3, 0.4) is 0 Å². The third-order valence-corrected chi connectivity index (χ3v) is 5.06. The summed E-state index contributed by atoms with van der Waals surface area (Å²) in [6, 6.07) is 16.3. The van der Waals surface area contributed by atoms with E-state index in [9.17, 15) is 9.59 Å². The second kappa shape index (κ2) is 7.93. The van der Waals surface area contributed by atoms with Crippen LogP contribution in [0.5, 0.6) is 5.75 Å². The number of hydrogen-bond acceptors (Lipinski definition) is 6. The Morgan fingerprint density at radius 2 is 1.77 bits per heavy atom. The number of aryl methyl sites for hydroxylation is 1. The van der Waals surface area contributed by atoms with Gasteiger partial charge in [-0.2, -0.15) is 10.4 Å². The van der Waals surface area contributed by atoms with Gasteiger partial charge in [0.2, 0.25) is 0 Å². The quantitative estimate of drug-likeness (QED) is 0.340. The predicted molar refractivity (Wildman–Crippen MR) is 113 cm³/mol. The predicted octanol–water partition coefficient (Wildman–Crippen LogP) is 3.04. The van der Waals surface area contributed by atoms with E-state index < -0.39 is 5.97 Å². The lowest BCUT2D eigenvalue weighted by molar-refractivity contribution is -0.135. The summed E-state index contributed by atoms with van der Waals surface area (Å²) in [5.41, 5.74) is 2.50. The maximum atomic E-state index is 12.6. The summed E-state index contributed by atoms with van der Waals surface area (Å²) in [4.78, 5) is 29.1. The molecule has 9 heteroatoms. The summed E-state index contributed by atoms with van der Waals surface area (Å²) in [5.74, 6) is -0.230. The van der Waals surface area contributed by atoms with Gasteiger partial charge in [-0.1, -0.05) is 24.3 Å².